The second kappa shape index (κ2) is 7.45. The number of anilines is 1. The Labute approximate surface area is 119 Å². The predicted molar refractivity (Wildman–Crippen MR) is 80.0 cm³/mol. The highest BCUT2D eigenvalue weighted by molar-refractivity contribution is 5.34. The van der Waals surface area contributed by atoms with E-state index in [-0.39, 0.29) is 0 Å². The molecule has 0 spiro atoms. The number of aromatic nitrogens is 2. The third-order valence-electron chi connectivity index (χ3n) is 3.00. The Morgan fingerprint density at radius 3 is 2.45 bits per heavy atom. The van der Waals surface area contributed by atoms with Crippen LogP contribution in [0.25, 0.3) is 0 Å². The third-order valence-corrected chi connectivity index (χ3v) is 3.00. The fourth-order valence-corrected chi connectivity index (χ4v) is 1.90. The normalized spacial score (nSPS) is 10.3. The number of nitrogens with zero attached hydrogens (tertiary/aromatic N) is 3. The van der Waals surface area contributed by atoms with Gasteiger partial charge in [-0.3, -0.25) is 0 Å². The number of nitrogens with one attached hydrogen (secondary N) is 1. The number of likely N-dealkylation sites (N-methyl/N-ethyl adjacent to an activating group) is 1. The fourth-order valence-electron chi connectivity index (χ4n) is 1.90. The number of hydrogen-bond acceptors (Lipinski definition) is 5. The van der Waals surface area contributed by atoms with Crippen LogP contribution in [0.3, 0.4) is 0 Å². The molecule has 0 aliphatic rings. The summed E-state index contributed by atoms with van der Waals surface area (Å²) in [7, 11) is 3.61. The molecule has 0 radical (unpaired) electrons. The van der Waals surface area contributed by atoms with Crippen molar-refractivity contribution in [2.24, 2.45) is 0 Å². The summed E-state index contributed by atoms with van der Waals surface area (Å²) in [6.45, 7) is 2.51. The van der Waals surface area contributed by atoms with Gasteiger partial charge in [-0.2, -0.15) is 0 Å². The average Bonchev–Trinajstić information content (AvgIpc) is 2.53. The van der Waals surface area contributed by atoms with Gasteiger partial charge in [0.05, 0.1) is 7.11 Å². The minimum atomic E-state index is 0.749. The molecule has 0 aliphatic heterocycles. The Balaban J connectivity index is 2.10. The highest BCUT2D eigenvalue weighted by Crippen LogP contribution is 2.15. The zero-order valence-electron chi connectivity index (χ0n) is 11.9. The van der Waals surface area contributed by atoms with Gasteiger partial charge in [0.2, 0.25) is 5.95 Å². The van der Waals surface area contributed by atoms with E-state index in [4.69, 9.17) is 4.74 Å². The fraction of sp³-hybridized carbons (Fsp3) is 0.333. The zero-order chi connectivity index (χ0) is 14.2. The van der Waals surface area contributed by atoms with Gasteiger partial charge in [0.15, 0.2) is 0 Å². The molecule has 0 atom stereocenters. The second-order valence-corrected chi connectivity index (χ2v) is 4.42. The van der Waals surface area contributed by atoms with E-state index in [2.05, 4.69) is 32.3 Å². The van der Waals surface area contributed by atoms with Crippen molar-refractivity contribution in [3.05, 3.63) is 48.3 Å². The van der Waals surface area contributed by atoms with E-state index in [0.29, 0.717) is 0 Å². The molecule has 0 amide bonds. The molecule has 106 valence electrons. The van der Waals surface area contributed by atoms with Crippen molar-refractivity contribution in [3.63, 3.8) is 0 Å². The Morgan fingerprint density at radius 2 is 1.85 bits per heavy atom. The van der Waals surface area contributed by atoms with Crippen LogP contribution in [0.5, 0.6) is 5.75 Å². The van der Waals surface area contributed by atoms with E-state index in [0.717, 1.165) is 31.3 Å². The van der Waals surface area contributed by atoms with Crippen LogP contribution >= 0.6 is 0 Å². The predicted octanol–water partition coefficient (Wildman–Crippen LogP) is 1.71. The van der Waals surface area contributed by atoms with Gasteiger partial charge in [-0.15, -0.1) is 0 Å². The van der Waals surface area contributed by atoms with Crippen LogP contribution in [-0.2, 0) is 6.54 Å². The summed E-state index contributed by atoms with van der Waals surface area (Å²) < 4.78 is 5.18. The monoisotopic (exact) mass is 272 g/mol. The zero-order valence-corrected chi connectivity index (χ0v) is 11.9. The molecular formula is C15H20N4O. The SMILES string of the molecule is CNCCN(Cc1ccc(OC)cc1)c1ncccn1. The molecule has 1 N–H and O–H groups in total. The van der Waals surface area contributed by atoms with Crippen molar-refractivity contribution in [2.45, 2.75) is 6.54 Å². The molecule has 0 bridgehead atoms. The first kappa shape index (κ1) is 14.3. The maximum absolute atomic E-state index is 5.18. The molecule has 2 rings (SSSR count). The number of hydrogen-bond donors (Lipinski definition) is 1. The van der Waals surface area contributed by atoms with Crippen molar-refractivity contribution in [1.82, 2.24) is 15.3 Å². The molecule has 0 saturated carbocycles. The molecule has 20 heavy (non-hydrogen) atoms. The first-order valence-electron chi connectivity index (χ1n) is 6.63. The van der Waals surface area contributed by atoms with Gasteiger partial charge in [0, 0.05) is 32.0 Å². The Morgan fingerprint density at radius 1 is 1.15 bits per heavy atom. The largest absolute Gasteiger partial charge is 0.497 e. The van der Waals surface area contributed by atoms with Crippen LogP contribution < -0.4 is 15.0 Å². The lowest BCUT2D eigenvalue weighted by atomic mass is 10.2. The summed E-state index contributed by atoms with van der Waals surface area (Å²) in [5.41, 5.74) is 1.20. The minimum Gasteiger partial charge on any atom is -0.497 e. The highest BCUT2D eigenvalue weighted by Gasteiger charge is 2.09. The van der Waals surface area contributed by atoms with Crippen molar-refractivity contribution in [1.29, 1.82) is 0 Å². The first-order valence-corrected chi connectivity index (χ1v) is 6.63. The average molecular weight is 272 g/mol. The van der Waals surface area contributed by atoms with Crippen LogP contribution in [0, 0.1) is 0 Å². The lowest BCUT2D eigenvalue weighted by molar-refractivity contribution is 0.414. The van der Waals surface area contributed by atoms with E-state index < -0.39 is 0 Å². The maximum atomic E-state index is 5.18. The standard InChI is InChI=1S/C15H20N4O/c1-16-10-11-19(15-17-8-3-9-18-15)12-13-4-6-14(20-2)7-5-13/h3-9,16H,10-12H2,1-2H3. The van der Waals surface area contributed by atoms with Crippen molar-refractivity contribution >= 4 is 5.95 Å². The molecule has 5 heteroatoms. The van der Waals surface area contributed by atoms with Gasteiger partial charge in [0.1, 0.15) is 5.75 Å². The Bertz CT molecular complexity index is 501. The molecule has 2 aromatic rings. The molecule has 0 aliphatic carbocycles. The molecular weight excluding hydrogens is 252 g/mol. The quantitative estimate of drug-likeness (QED) is 0.831. The number of methoxy groups -OCH3 is 1. The summed E-state index contributed by atoms with van der Waals surface area (Å²) in [6, 6.07) is 9.89. The van der Waals surface area contributed by atoms with Crippen LogP contribution in [0.2, 0.25) is 0 Å². The third kappa shape index (κ3) is 3.93. The summed E-state index contributed by atoms with van der Waals surface area (Å²) in [4.78, 5) is 10.8. The van der Waals surface area contributed by atoms with E-state index in [1.54, 1.807) is 19.5 Å². The molecule has 0 saturated heterocycles. The van der Waals surface area contributed by atoms with Gasteiger partial charge in [0.25, 0.3) is 0 Å². The molecule has 1 aromatic carbocycles. The smallest absolute Gasteiger partial charge is 0.225 e. The van der Waals surface area contributed by atoms with E-state index in [1.165, 1.54) is 5.56 Å². The van der Waals surface area contributed by atoms with Gasteiger partial charge < -0.3 is 15.0 Å². The molecule has 0 unspecified atom stereocenters. The lowest BCUT2D eigenvalue weighted by Crippen LogP contribution is -2.31. The Hall–Kier alpha value is -2.14. The molecule has 1 heterocycles. The molecule has 5 nitrogen and oxygen atoms in total. The first-order chi connectivity index (χ1) is 9.83. The highest BCUT2D eigenvalue weighted by atomic mass is 16.5. The van der Waals surface area contributed by atoms with Crippen molar-refractivity contribution in [2.75, 3.05) is 32.1 Å². The van der Waals surface area contributed by atoms with Gasteiger partial charge >= 0.3 is 0 Å². The Kier molecular flexibility index (Phi) is 5.32. The minimum absolute atomic E-state index is 0.749. The number of rotatable bonds is 7. The summed E-state index contributed by atoms with van der Waals surface area (Å²) in [5, 5.41) is 3.15. The summed E-state index contributed by atoms with van der Waals surface area (Å²) in [5.74, 6) is 1.62. The lowest BCUT2D eigenvalue weighted by Gasteiger charge is -2.22. The maximum Gasteiger partial charge on any atom is 0.225 e. The van der Waals surface area contributed by atoms with Gasteiger partial charge in [-0.25, -0.2) is 9.97 Å². The molecule has 0 fully saturated rings. The van der Waals surface area contributed by atoms with E-state index >= 15 is 0 Å². The topological polar surface area (TPSA) is 50.3 Å². The number of benzene rings is 1. The van der Waals surface area contributed by atoms with Crippen molar-refractivity contribution < 1.29 is 4.74 Å². The van der Waals surface area contributed by atoms with Crippen LogP contribution in [0.1, 0.15) is 5.56 Å². The van der Waals surface area contributed by atoms with E-state index in [9.17, 15) is 0 Å². The summed E-state index contributed by atoms with van der Waals surface area (Å²) >= 11 is 0. The van der Waals surface area contributed by atoms with Gasteiger partial charge in [-0.1, -0.05) is 12.1 Å². The van der Waals surface area contributed by atoms with Crippen molar-refractivity contribution in [3.8, 4) is 5.75 Å². The van der Waals surface area contributed by atoms with Crippen LogP contribution in [-0.4, -0.2) is 37.2 Å². The second-order valence-electron chi connectivity index (χ2n) is 4.42. The van der Waals surface area contributed by atoms with Crippen LogP contribution in [0.15, 0.2) is 42.7 Å². The van der Waals surface area contributed by atoms with Crippen LogP contribution in [0.4, 0.5) is 5.95 Å². The number of ether oxygens (including phenoxy) is 1. The van der Waals surface area contributed by atoms with E-state index in [1.807, 2.05) is 25.2 Å². The van der Waals surface area contributed by atoms with Gasteiger partial charge in [-0.05, 0) is 30.8 Å². The molecule has 1 aromatic heterocycles. The summed E-state index contributed by atoms with van der Waals surface area (Å²) in [6.07, 6.45) is 3.53.